The Balaban J connectivity index is 1.65. The van der Waals surface area contributed by atoms with Gasteiger partial charge in [-0.15, -0.1) is 0 Å². The molecule has 5 nitrogen and oxygen atoms in total. The van der Waals surface area contributed by atoms with Crippen molar-refractivity contribution in [1.82, 2.24) is 4.90 Å². The third-order valence-corrected chi connectivity index (χ3v) is 4.15. The summed E-state index contributed by atoms with van der Waals surface area (Å²) in [7, 11) is 0. The summed E-state index contributed by atoms with van der Waals surface area (Å²) >= 11 is 0. The van der Waals surface area contributed by atoms with Gasteiger partial charge >= 0.3 is 6.09 Å². The van der Waals surface area contributed by atoms with E-state index < -0.39 is 12.0 Å². The third kappa shape index (κ3) is 2.34. The first-order chi connectivity index (χ1) is 11.7. The first-order valence-corrected chi connectivity index (χ1v) is 7.80. The van der Waals surface area contributed by atoms with Crippen LogP contribution in [0.25, 0.3) is 6.08 Å². The van der Waals surface area contributed by atoms with Crippen molar-refractivity contribution in [3.63, 3.8) is 0 Å². The maximum atomic E-state index is 12.1. The number of carbonyl (C=O) groups excluding carboxylic acids is 2. The number of hydrogen-bond acceptors (Lipinski definition) is 4. The molecule has 5 heteroatoms. The van der Waals surface area contributed by atoms with Gasteiger partial charge in [0.2, 0.25) is 0 Å². The molecule has 0 aromatic heterocycles. The normalized spacial score (nSPS) is 17.4. The highest BCUT2D eigenvalue weighted by Crippen LogP contribution is 2.37. The van der Waals surface area contributed by atoms with Crippen molar-refractivity contribution in [1.29, 1.82) is 0 Å². The summed E-state index contributed by atoms with van der Waals surface area (Å²) in [6, 6.07) is 13.6. The van der Waals surface area contributed by atoms with Crippen molar-refractivity contribution >= 4 is 18.1 Å². The van der Waals surface area contributed by atoms with Crippen LogP contribution in [-0.2, 0) is 16.0 Å². The lowest BCUT2D eigenvalue weighted by Crippen LogP contribution is -2.28. The van der Waals surface area contributed by atoms with Crippen molar-refractivity contribution in [2.75, 3.05) is 6.54 Å². The smallest absolute Gasteiger partial charge is 0.422 e. The van der Waals surface area contributed by atoms with E-state index in [4.69, 9.17) is 9.47 Å². The molecule has 2 aromatic rings. The summed E-state index contributed by atoms with van der Waals surface area (Å²) in [4.78, 5) is 24.8. The predicted molar refractivity (Wildman–Crippen MR) is 87.6 cm³/mol. The summed E-state index contributed by atoms with van der Waals surface area (Å²) in [5.41, 5.74) is 2.95. The van der Waals surface area contributed by atoms with Gasteiger partial charge in [-0.2, -0.15) is 0 Å². The SMILES string of the molecule is CCN1C(=O)O/C(=C/c2ccc3c(c2)Cc2ccccc2O3)C1=O. The second-order valence-corrected chi connectivity index (χ2v) is 5.68. The molecule has 0 N–H and O–H groups in total. The molecule has 0 bridgehead atoms. The van der Waals surface area contributed by atoms with Gasteiger partial charge in [0.25, 0.3) is 5.91 Å². The molecule has 0 unspecified atom stereocenters. The Morgan fingerprint density at radius 1 is 1.04 bits per heavy atom. The fraction of sp³-hybridized carbons (Fsp3) is 0.158. The molecule has 1 saturated heterocycles. The Hall–Kier alpha value is -3.08. The van der Waals surface area contributed by atoms with E-state index >= 15 is 0 Å². The Morgan fingerprint density at radius 3 is 2.62 bits per heavy atom. The number of benzene rings is 2. The van der Waals surface area contributed by atoms with Gasteiger partial charge in [0.05, 0.1) is 0 Å². The summed E-state index contributed by atoms with van der Waals surface area (Å²) in [6.07, 6.45) is 1.73. The van der Waals surface area contributed by atoms with E-state index in [-0.39, 0.29) is 5.76 Å². The lowest BCUT2D eigenvalue weighted by atomic mass is 9.98. The molecule has 4 rings (SSSR count). The number of carbonyl (C=O) groups is 2. The Bertz CT molecular complexity index is 885. The standard InChI is InChI=1S/C19H15NO4/c1-2-20-18(21)17(24-19(20)22)10-12-7-8-16-14(9-12)11-13-5-3-4-6-15(13)23-16/h3-10H,2,11H2,1H3/b17-10+. The lowest BCUT2D eigenvalue weighted by Gasteiger charge is -2.20. The van der Waals surface area contributed by atoms with E-state index in [1.54, 1.807) is 13.0 Å². The van der Waals surface area contributed by atoms with Crippen LogP contribution in [0.4, 0.5) is 4.79 Å². The quantitative estimate of drug-likeness (QED) is 0.675. The van der Waals surface area contributed by atoms with Crippen LogP contribution in [0, 0.1) is 0 Å². The first-order valence-electron chi connectivity index (χ1n) is 7.80. The minimum Gasteiger partial charge on any atom is -0.457 e. The molecule has 2 heterocycles. The zero-order valence-corrected chi connectivity index (χ0v) is 13.1. The monoisotopic (exact) mass is 321 g/mol. The van der Waals surface area contributed by atoms with Gasteiger partial charge in [-0.05, 0) is 47.9 Å². The Morgan fingerprint density at radius 2 is 1.83 bits per heavy atom. The van der Waals surface area contributed by atoms with Gasteiger partial charge < -0.3 is 9.47 Å². The number of hydrogen-bond donors (Lipinski definition) is 0. The van der Waals surface area contributed by atoms with E-state index in [2.05, 4.69) is 0 Å². The van der Waals surface area contributed by atoms with Crippen molar-refractivity contribution in [2.45, 2.75) is 13.3 Å². The zero-order chi connectivity index (χ0) is 16.7. The average Bonchev–Trinajstić information content (AvgIpc) is 2.86. The summed E-state index contributed by atoms with van der Waals surface area (Å²) in [6.45, 7) is 2.03. The second-order valence-electron chi connectivity index (χ2n) is 5.68. The van der Waals surface area contributed by atoms with E-state index in [0.717, 1.165) is 39.5 Å². The average molecular weight is 321 g/mol. The van der Waals surface area contributed by atoms with Gasteiger partial charge in [0.15, 0.2) is 5.76 Å². The number of cyclic esters (lactones) is 1. The molecule has 1 fully saturated rings. The molecule has 0 spiro atoms. The van der Waals surface area contributed by atoms with Crippen LogP contribution >= 0.6 is 0 Å². The topological polar surface area (TPSA) is 55.8 Å². The van der Waals surface area contributed by atoms with Crippen molar-refractivity contribution < 1.29 is 19.1 Å². The first kappa shape index (κ1) is 14.5. The summed E-state index contributed by atoms with van der Waals surface area (Å²) in [5, 5.41) is 0. The summed E-state index contributed by atoms with van der Waals surface area (Å²) in [5.74, 6) is 1.33. The van der Waals surface area contributed by atoms with E-state index in [1.165, 1.54) is 0 Å². The number of para-hydroxylation sites is 1. The molecule has 2 amide bonds. The van der Waals surface area contributed by atoms with E-state index in [1.807, 2.05) is 42.5 Å². The van der Waals surface area contributed by atoms with Crippen molar-refractivity contribution in [2.24, 2.45) is 0 Å². The van der Waals surface area contributed by atoms with Crippen molar-refractivity contribution in [3.05, 3.63) is 64.9 Å². The summed E-state index contributed by atoms with van der Waals surface area (Å²) < 4.78 is 10.9. The van der Waals surface area contributed by atoms with Gasteiger partial charge in [0, 0.05) is 13.0 Å². The number of nitrogens with zero attached hydrogens (tertiary/aromatic N) is 1. The van der Waals surface area contributed by atoms with Crippen molar-refractivity contribution in [3.8, 4) is 11.5 Å². The number of rotatable bonds is 2. The molecule has 0 saturated carbocycles. The van der Waals surface area contributed by atoms with E-state index in [0.29, 0.717) is 6.54 Å². The van der Waals surface area contributed by atoms with E-state index in [9.17, 15) is 9.59 Å². The molecular weight excluding hydrogens is 306 g/mol. The fourth-order valence-corrected chi connectivity index (χ4v) is 2.92. The molecule has 0 atom stereocenters. The predicted octanol–water partition coefficient (Wildman–Crippen LogP) is 3.72. The largest absolute Gasteiger partial charge is 0.457 e. The minimum absolute atomic E-state index is 0.0546. The Kier molecular flexibility index (Phi) is 3.34. The second kappa shape index (κ2) is 5.53. The molecule has 0 radical (unpaired) electrons. The van der Waals surface area contributed by atoms with Gasteiger partial charge in [-0.1, -0.05) is 24.3 Å². The third-order valence-electron chi connectivity index (χ3n) is 4.15. The number of amides is 2. The number of ether oxygens (including phenoxy) is 2. The van der Waals surface area contributed by atoms with Gasteiger partial charge in [-0.3, -0.25) is 4.79 Å². The number of imide groups is 1. The van der Waals surface area contributed by atoms with Crippen LogP contribution in [0.5, 0.6) is 11.5 Å². The fourth-order valence-electron chi connectivity index (χ4n) is 2.92. The van der Waals surface area contributed by atoms with Crippen LogP contribution in [0.1, 0.15) is 23.6 Å². The molecule has 2 aliphatic heterocycles. The molecule has 0 aliphatic carbocycles. The molecule has 2 aliphatic rings. The number of likely N-dealkylation sites (N-methyl/N-ethyl adjacent to an activating group) is 1. The van der Waals surface area contributed by atoms with Crippen LogP contribution in [-0.4, -0.2) is 23.4 Å². The van der Waals surface area contributed by atoms with Gasteiger partial charge in [0.1, 0.15) is 11.5 Å². The Labute approximate surface area is 139 Å². The maximum absolute atomic E-state index is 12.1. The van der Waals surface area contributed by atoms with Crippen LogP contribution in [0.15, 0.2) is 48.2 Å². The highest BCUT2D eigenvalue weighted by atomic mass is 16.6. The molecule has 2 aromatic carbocycles. The number of fused-ring (bicyclic) bond motifs is 2. The van der Waals surface area contributed by atoms with Crippen LogP contribution in [0.3, 0.4) is 0 Å². The van der Waals surface area contributed by atoms with Crippen LogP contribution in [0.2, 0.25) is 0 Å². The highest BCUT2D eigenvalue weighted by Gasteiger charge is 2.35. The molecule has 120 valence electrons. The molecular formula is C19H15NO4. The lowest BCUT2D eigenvalue weighted by molar-refractivity contribution is -0.123. The minimum atomic E-state index is -0.621. The van der Waals surface area contributed by atoms with Gasteiger partial charge in [-0.25, -0.2) is 9.69 Å². The highest BCUT2D eigenvalue weighted by molar-refractivity contribution is 6.09. The molecule has 24 heavy (non-hydrogen) atoms. The zero-order valence-electron chi connectivity index (χ0n) is 13.1. The maximum Gasteiger partial charge on any atom is 0.422 e. The van der Waals surface area contributed by atoms with Crippen LogP contribution < -0.4 is 4.74 Å².